The van der Waals surface area contributed by atoms with Crippen molar-refractivity contribution in [1.82, 2.24) is 5.48 Å². The molecule has 0 unspecified atom stereocenters. The molecule has 0 atom stereocenters. The first-order chi connectivity index (χ1) is 8.19. The van der Waals surface area contributed by atoms with Crippen LogP contribution in [0.2, 0.25) is 0 Å². The highest BCUT2D eigenvalue weighted by Gasteiger charge is 2.20. The monoisotopic (exact) mass is 235 g/mol. The molecule has 0 aromatic heterocycles. The van der Waals surface area contributed by atoms with Gasteiger partial charge in [-0.15, -0.1) is 0 Å². The predicted octanol–water partition coefficient (Wildman–Crippen LogP) is -0.510. The van der Waals surface area contributed by atoms with Gasteiger partial charge < -0.3 is 10.1 Å². The van der Waals surface area contributed by atoms with Crippen molar-refractivity contribution in [3.05, 3.63) is 42.0 Å². The summed E-state index contributed by atoms with van der Waals surface area (Å²) in [6.45, 7) is 1.48. The molecule has 5 nitrogen and oxygen atoms in total. The van der Waals surface area contributed by atoms with Gasteiger partial charge in [-0.3, -0.25) is 9.55 Å². The van der Waals surface area contributed by atoms with E-state index in [0.717, 1.165) is 0 Å². The first-order valence-electron chi connectivity index (χ1n) is 5.14. The molecule has 3 N–H and O–H groups in total. The summed E-state index contributed by atoms with van der Waals surface area (Å²) in [5.74, 6) is -0.465. The minimum Gasteiger partial charge on any atom is -0.422 e. The zero-order valence-electron chi connectivity index (χ0n) is 9.46. The van der Waals surface area contributed by atoms with Crippen LogP contribution >= 0.6 is 0 Å². The lowest BCUT2D eigenvalue weighted by molar-refractivity contribution is -0.123. The molecule has 0 saturated heterocycles. The molecule has 0 bridgehead atoms. The van der Waals surface area contributed by atoms with Crippen LogP contribution in [0.3, 0.4) is 0 Å². The van der Waals surface area contributed by atoms with Gasteiger partial charge in [-0.05, 0) is 17.9 Å². The molecule has 0 aliphatic rings. The Hall–Kier alpha value is -1.63. The number of amides is 1. The number of nitrogens with one attached hydrogen (secondary N) is 1. The van der Waals surface area contributed by atoms with Crippen LogP contribution in [0.4, 0.5) is 0 Å². The summed E-state index contributed by atoms with van der Waals surface area (Å²) in [5, 5.41) is 18.7. The second-order valence-corrected chi connectivity index (χ2v) is 3.29. The zero-order chi connectivity index (χ0) is 12.7. The number of hydrogen-bond donors (Lipinski definition) is 3. The first kappa shape index (κ1) is 13.4. The molecule has 0 saturated carbocycles. The van der Waals surface area contributed by atoms with Crippen LogP contribution in [0.5, 0.6) is 0 Å². The average Bonchev–Trinajstić information content (AvgIpc) is 2.36. The van der Waals surface area contributed by atoms with E-state index in [0.29, 0.717) is 11.0 Å². The topological polar surface area (TPSA) is 78.8 Å². The molecule has 1 aromatic carbocycles. The molecule has 6 heteroatoms. The van der Waals surface area contributed by atoms with Crippen LogP contribution < -0.4 is 10.9 Å². The highest BCUT2D eigenvalue weighted by Crippen LogP contribution is 1.97. The number of hydrogen-bond acceptors (Lipinski definition) is 4. The van der Waals surface area contributed by atoms with Crippen molar-refractivity contribution in [1.29, 1.82) is 0 Å². The highest BCUT2D eigenvalue weighted by molar-refractivity contribution is 6.60. The van der Waals surface area contributed by atoms with Crippen LogP contribution in [0.15, 0.2) is 36.4 Å². The van der Waals surface area contributed by atoms with E-state index in [-0.39, 0.29) is 6.61 Å². The molecule has 17 heavy (non-hydrogen) atoms. The lowest BCUT2D eigenvalue weighted by atomic mass is 9.77. The van der Waals surface area contributed by atoms with Crippen molar-refractivity contribution in [3.8, 4) is 0 Å². The fraction of sp³-hybridized carbons (Fsp3) is 0.182. The van der Waals surface area contributed by atoms with E-state index in [1.807, 2.05) is 0 Å². The maximum absolute atomic E-state index is 11.0. The Morgan fingerprint density at radius 2 is 2.24 bits per heavy atom. The summed E-state index contributed by atoms with van der Waals surface area (Å²) in [6, 6.07) is 6.71. The second kappa shape index (κ2) is 6.85. The van der Waals surface area contributed by atoms with Crippen LogP contribution in [-0.2, 0) is 16.2 Å². The van der Waals surface area contributed by atoms with Gasteiger partial charge in [0.25, 0.3) is 5.91 Å². The molecule has 0 fully saturated rings. The number of allylic oxidation sites excluding steroid dienone is 1. The van der Waals surface area contributed by atoms with E-state index >= 15 is 0 Å². The number of carbonyl (C=O) groups is 1. The first-order valence-corrected chi connectivity index (χ1v) is 5.14. The van der Waals surface area contributed by atoms with Gasteiger partial charge >= 0.3 is 7.12 Å². The Morgan fingerprint density at radius 3 is 2.88 bits per heavy atom. The standard InChI is InChI=1S/C11H14BNO4/c1-2-5-11(15)13-17-12(16)10-7-4-3-6-9(10)8-14/h2-7,14,16H,8H2,1H3,(H,13,15). The molecule has 0 radical (unpaired) electrons. The summed E-state index contributed by atoms with van der Waals surface area (Å²) in [7, 11) is -1.31. The maximum Gasteiger partial charge on any atom is 0.514 e. The number of aliphatic hydroxyl groups excluding tert-OH is 1. The Morgan fingerprint density at radius 1 is 1.53 bits per heavy atom. The van der Waals surface area contributed by atoms with Crippen molar-refractivity contribution in [2.24, 2.45) is 0 Å². The average molecular weight is 235 g/mol. The van der Waals surface area contributed by atoms with Crippen molar-refractivity contribution >= 4 is 18.5 Å². The van der Waals surface area contributed by atoms with Gasteiger partial charge in [0.15, 0.2) is 0 Å². The molecule has 0 spiro atoms. The minimum atomic E-state index is -1.31. The summed E-state index contributed by atoms with van der Waals surface area (Å²) in [5.41, 5.74) is 3.03. The lowest BCUT2D eigenvalue weighted by Gasteiger charge is -2.10. The third-order valence-corrected chi connectivity index (χ3v) is 2.08. The van der Waals surface area contributed by atoms with Gasteiger partial charge in [0.05, 0.1) is 6.61 Å². The van der Waals surface area contributed by atoms with Gasteiger partial charge in [-0.2, -0.15) is 0 Å². The quantitative estimate of drug-likeness (QED) is 0.365. The van der Waals surface area contributed by atoms with Gasteiger partial charge in [-0.25, -0.2) is 5.48 Å². The lowest BCUT2D eigenvalue weighted by Crippen LogP contribution is -2.42. The van der Waals surface area contributed by atoms with Crippen LogP contribution in [0.1, 0.15) is 12.5 Å². The predicted molar refractivity (Wildman–Crippen MR) is 64.0 cm³/mol. The third kappa shape index (κ3) is 4.03. The Kier molecular flexibility index (Phi) is 5.42. The van der Waals surface area contributed by atoms with Crippen LogP contribution in [-0.4, -0.2) is 23.2 Å². The van der Waals surface area contributed by atoms with Crippen molar-refractivity contribution in [3.63, 3.8) is 0 Å². The zero-order valence-corrected chi connectivity index (χ0v) is 9.46. The van der Waals surface area contributed by atoms with Gasteiger partial charge in [-0.1, -0.05) is 30.3 Å². The Bertz CT molecular complexity index is 408. The summed E-state index contributed by atoms with van der Waals surface area (Å²) in [6.07, 6.45) is 2.82. The summed E-state index contributed by atoms with van der Waals surface area (Å²) < 4.78 is 4.78. The number of benzene rings is 1. The number of aliphatic hydroxyl groups is 1. The molecule has 1 amide bonds. The molecule has 0 heterocycles. The fourth-order valence-electron chi connectivity index (χ4n) is 1.28. The largest absolute Gasteiger partial charge is 0.514 e. The number of carbonyl (C=O) groups excluding carboxylic acids is 1. The maximum atomic E-state index is 11.0. The molecule has 0 aliphatic carbocycles. The van der Waals surface area contributed by atoms with Crippen molar-refractivity contribution < 1.29 is 19.7 Å². The molecular weight excluding hydrogens is 221 g/mol. The summed E-state index contributed by atoms with van der Waals surface area (Å²) >= 11 is 0. The smallest absolute Gasteiger partial charge is 0.422 e. The van der Waals surface area contributed by atoms with Crippen LogP contribution in [0.25, 0.3) is 0 Å². The summed E-state index contributed by atoms with van der Waals surface area (Å²) in [4.78, 5) is 11.0. The van der Waals surface area contributed by atoms with Crippen LogP contribution in [0, 0.1) is 0 Å². The van der Waals surface area contributed by atoms with E-state index < -0.39 is 13.0 Å². The van der Waals surface area contributed by atoms with Gasteiger partial charge in [0, 0.05) is 6.08 Å². The SMILES string of the molecule is CC=CC(=O)NOB(O)c1ccccc1CO. The van der Waals surface area contributed by atoms with E-state index in [2.05, 4.69) is 5.48 Å². The highest BCUT2D eigenvalue weighted by atomic mass is 16.7. The third-order valence-electron chi connectivity index (χ3n) is 2.08. The van der Waals surface area contributed by atoms with E-state index in [1.54, 1.807) is 37.3 Å². The number of rotatable bonds is 5. The molecular formula is C11H14BNO4. The minimum absolute atomic E-state index is 0.209. The molecule has 90 valence electrons. The fourth-order valence-corrected chi connectivity index (χ4v) is 1.28. The second-order valence-electron chi connectivity index (χ2n) is 3.29. The van der Waals surface area contributed by atoms with Gasteiger partial charge in [0.2, 0.25) is 0 Å². The van der Waals surface area contributed by atoms with E-state index in [1.165, 1.54) is 6.08 Å². The van der Waals surface area contributed by atoms with Crippen molar-refractivity contribution in [2.45, 2.75) is 13.5 Å². The van der Waals surface area contributed by atoms with E-state index in [4.69, 9.17) is 9.86 Å². The van der Waals surface area contributed by atoms with Gasteiger partial charge in [0.1, 0.15) is 0 Å². The van der Waals surface area contributed by atoms with Crippen molar-refractivity contribution in [2.75, 3.05) is 0 Å². The Balaban J connectivity index is 2.63. The van der Waals surface area contributed by atoms with E-state index in [9.17, 15) is 9.82 Å². The molecule has 1 aromatic rings. The Labute approximate surface area is 99.8 Å². The molecule has 0 aliphatic heterocycles. The number of hydroxylamine groups is 1. The molecule has 1 rings (SSSR count). The normalized spacial score (nSPS) is 10.5.